The number of nitrogens with zero attached hydrogens (tertiary/aromatic N) is 3. The van der Waals surface area contributed by atoms with Crippen molar-refractivity contribution in [3.63, 3.8) is 0 Å². The van der Waals surface area contributed by atoms with Gasteiger partial charge >= 0.3 is 0 Å². The molecule has 6 heteroatoms. The summed E-state index contributed by atoms with van der Waals surface area (Å²) in [6, 6.07) is 1.93. The lowest BCUT2D eigenvalue weighted by Gasteiger charge is -2.33. The number of anilines is 1. The maximum Gasteiger partial charge on any atom is 0.219 e. The fourth-order valence-corrected chi connectivity index (χ4v) is 2.70. The van der Waals surface area contributed by atoms with E-state index in [0.29, 0.717) is 18.4 Å². The van der Waals surface area contributed by atoms with E-state index >= 15 is 0 Å². The van der Waals surface area contributed by atoms with Crippen LogP contribution in [0.4, 0.5) is 5.82 Å². The van der Waals surface area contributed by atoms with Gasteiger partial charge in [-0.05, 0) is 38.5 Å². The molecule has 1 aromatic rings. The van der Waals surface area contributed by atoms with Crippen molar-refractivity contribution in [2.75, 3.05) is 37.4 Å². The van der Waals surface area contributed by atoms with E-state index in [1.165, 1.54) is 24.6 Å². The molecule has 5 nitrogen and oxygen atoms in total. The number of aromatic nitrogens is 2. The SMILES string of the molecule is CCOc1cc(N2CCC[C@@H](CN)C2)nc(SC)n1. The van der Waals surface area contributed by atoms with Crippen molar-refractivity contribution in [1.82, 2.24) is 9.97 Å². The summed E-state index contributed by atoms with van der Waals surface area (Å²) >= 11 is 1.54. The van der Waals surface area contributed by atoms with Gasteiger partial charge in [0.1, 0.15) is 5.82 Å². The van der Waals surface area contributed by atoms with Crippen molar-refractivity contribution < 1.29 is 4.74 Å². The summed E-state index contributed by atoms with van der Waals surface area (Å²) in [5.41, 5.74) is 5.79. The molecule has 0 aromatic carbocycles. The van der Waals surface area contributed by atoms with Gasteiger partial charge in [-0.15, -0.1) is 0 Å². The minimum atomic E-state index is 0.567. The first-order valence-corrected chi connectivity index (χ1v) is 8.00. The predicted octanol–water partition coefficient (Wildman–Crippen LogP) is 1.77. The second kappa shape index (κ2) is 6.96. The molecule has 1 aliphatic rings. The lowest BCUT2D eigenvalue weighted by Crippen LogP contribution is -2.38. The van der Waals surface area contributed by atoms with Crippen LogP contribution in [0.25, 0.3) is 0 Å². The number of thioether (sulfide) groups is 1. The highest BCUT2D eigenvalue weighted by Gasteiger charge is 2.21. The Morgan fingerprint density at radius 1 is 1.53 bits per heavy atom. The molecule has 0 radical (unpaired) electrons. The van der Waals surface area contributed by atoms with Gasteiger partial charge in [-0.25, -0.2) is 4.98 Å². The maximum atomic E-state index is 5.79. The van der Waals surface area contributed by atoms with Gasteiger partial charge in [0.05, 0.1) is 6.61 Å². The average molecular weight is 282 g/mol. The minimum absolute atomic E-state index is 0.567. The van der Waals surface area contributed by atoms with Crippen molar-refractivity contribution in [2.24, 2.45) is 11.7 Å². The second-order valence-corrected chi connectivity index (χ2v) is 5.45. The molecule has 1 fully saturated rings. The van der Waals surface area contributed by atoms with Gasteiger partial charge in [0.25, 0.3) is 0 Å². The summed E-state index contributed by atoms with van der Waals surface area (Å²) < 4.78 is 5.52. The summed E-state index contributed by atoms with van der Waals surface area (Å²) in [6.45, 7) is 5.34. The van der Waals surface area contributed by atoms with E-state index in [0.717, 1.165) is 30.6 Å². The third kappa shape index (κ3) is 3.73. The highest BCUT2D eigenvalue weighted by molar-refractivity contribution is 7.98. The minimum Gasteiger partial charge on any atom is -0.478 e. The molecule has 1 aliphatic heterocycles. The van der Waals surface area contributed by atoms with E-state index in [1.54, 1.807) is 0 Å². The number of nitrogens with two attached hydrogens (primary N) is 1. The molecule has 0 saturated carbocycles. The number of hydrogen-bond acceptors (Lipinski definition) is 6. The molecule has 0 amide bonds. The van der Waals surface area contributed by atoms with Gasteiger partial charge in [0, 0.05) is 19.2 Å². The van der Waals surface area contributed by atoms with Crippen LogP contribution >= 0.6 is 11.8 Å². The number of piperidine rings is 1. The zero-order valence-electron chi connectivity index (χ0n) is 11.6. The van der Waals surface area contributed by atoms with Crippen molar-refractivity contribution in [3.05, 3.63) is 6.07 Å². The van der Waals surface area contributed by atoms with Crippen LogP contribution in [0, 0.1) is 5.92 Å². The van der Waals surface area contributed by atoms with E-state index in [-0.39, 0.29) is 0 Å². The standard InChI is InChI=1S/C13H22N4OS/c1-3-18-12-7-11(15-13(16-12)19-2)17-6-4-5-10(8-14)9-17/h7,10H,3-6,8-9,14H2,1-2H3/t10-/m0/s1. The fourth-order valence-electron chi connectivity index (χ4n) is 2.33. The fraction of sp³-hybridized carbons (Fsp3) is 0.692. The van der Waals surface area contributed by atoms with Crippen LogP contribution in [-0.4, -0.2) is 42.5 Å². The third-order valence-electron chi connectivity index (χ3n) is 3.32. The molecule has 106 valence electrons. The van der Waals surface area contributed by atoms with Crippen LogP contribution in [0.15, 0.2) is 11.2 Å². The molecule has 0 spiro atoms. The van der Waals surface area contributed by atoms with Crippen LogP contribution in [0.2, 0.25) is 0 Å². The Morgan fingerprint density at radius 2 is 2.37 bits per heavy atom. The lowest BCUT2D eigenvalue weighted by atomic mass is 9.98. The Morgan fingerprint density at radius 3 is 3.05 bits per heavy atom. The zero-order valence-corrected chi connectivity index (χ0v) is 12.4. The molecule has 0 bridgehead atoms. The monoisotopic (exact) mass is 282 g/mol. The highest BCUT2D eigenvalue weighted by atomic mass is 32.2. The van der Waals surface area contributed by atoms with Crippen molar-refractivity contribution in [3.8, 4) is 5.88 Å². The van der Waals surface area contributed by atoms with Gasteiger partial charge in [-0.3, -0.25) is 0 Å². The lowest BCUT2D eigenvalue weighted by molar-refractivity contribution is 0.322. The normalized spacial score (nSPS) is 19.5. The van der Waals surface area contributed by atoms with Gasteiger partial charge < -0.3 is 15.4 Å². The molecule has 2 heterocycles. The Balaban J connectivity index is 2.19. The Hall–Kier alpha value is -1.01. The van der Waals surface area contributed by atoms with E-state index in [9.17, 15) is 0 Å². The molecule has 1 aromatic heterocycles. The Bertz CT molecular complexity index is 416. The third-order valence-corrected chi connectivity index (χ3v) is 3.87. The van der Waals surface area contributed by atoms with Crippen molar-refractivity contribution in [2.45, 2.75) is 24.9 Å². The Labute approximate surface area is 118 Å². The van der Waals surface area contributed by atoms with E-state index in [2.05, 4.69) is 14.9 Å². The van der Waals surface area contributed by atoms with Gasteiger partial charge in [-0.1, -0.05) is 11.8 Å². The van der Waals surface area contributed by atoms with Crippen LogP contribution in [0.5, 0.6) is 5.88 Å². The smallest absolute Gasteiger partial charge is 0.219 e. The van der Waals surface area contributed by atoms with Crippen LogP contribution < -0.4 is 15.4 Å². The summed E-state index contributed by atoms with van der Waals surface area (Å²) in [4.78, 5) is 11.2. The predicted molar refractivity (Wildman–Crippen MR) is 79.0 cm³/mol. The van der Waals surface area contributed by atoms with Gasteiger partial charge in [0.15, 0.2) is 5.16 Å². The zero-order chi connectivity index (χ0) is 13.7. The van der Waals surface area contributed by atoms with Crippen molar-refractivity contribution >= 4 is 17.6 Å². The molecule has 2 rings (SSSR count). The largest absolute Gasteiger partial charge is 0.478 e. The maximum absolute atomic E-state index is 5.79. The van der Waals surface area contributed by atoms with E-state index < -0.39 is 0 Å². The average Bonchev–Trinajstić information content (AvgIpc) is 2.47. The molecule has 19 heavy (non-hydrogen) atoms. The quantitative estimate of drug-likeness (QED) is 0.656. The first-order valence-electron chi connectivity index (χ1n) is 6.77. The Kier molecular flexibility index (Phi) is 5.27. The molecule has 2 N–H and O–H groups in total. The van der Waals surface area contributed by atoms with E-state index in [4.69, 9.17) is 10.5 Å². The number of ether oxygens (including phenoxy) is 1. The summed E-state index contributed by atoms with van der Waals surface area (Å²) in [7, 11) is 0. The molecule has 1 atom stereocenters. The molecule has 1 saturated heterocycles. The molecule has 0 unspecified atom stereocenters. The van der Waals surface area contributed by atoms with Gasteiger partial charge in [-0.2, -0.15) is 4.98 Å². The number of rotatable bonds is 5. The van der Waals surface area contributed by atoms with Crippen LogP contribution in [0.1, 0.15) is 19.8 Å². The molecule has 0 aliphatic carbocycles. The topological polar surface area (TPSA) is 64.3 Å². The molecular weight excluding hydrogens is 260 g/mol. The first-order chi connectivity index (χ1) is 9.26. The highest BCUT2D eigenvalue weighted by Crippen LogP contribution is 2.25. The number of hydrogen-bond donors (Lipinski definition) is 1. The first kappa shape index (κ1) is 14.4. The van der Waals surface area contributed by atoms with Crippen LogP contribution in [0.3, 0.4) is 0 Å². The summed E-state index contributed by atoms with van der Waals surface area (Å²) in [6.07, 6.45) is 4.37. The van der Waals surface area contributed by atoms with E-state index in [1.807, 2.05) is 19.2 Å². The molecular formula is C13H22N4OS. The van der Waals surface area contributed by atoms with Crippen molar-refractivity contribution in [1.29, 1.82) is 0 Å². The summed E-state index contributed by atoms with van der Waals surface area (Å²) in [5, 5.41) is 0.760. The van der Waals surface area contributed by atoms with Gasteiger partial charge in [0.2, 0.25) is 5.88 Å². The second-order valence-electron chi connectivity index (χ2n) is 4.67. The summed E-state index contributed by atoms with van der Waals surface area (Å²) in [5.74, 6) is 2.18. The van der Waals surface area contributed by atoms with Crippen LogP contribution in [-0.2, 0) is 0 Å².